The second-order valence-corrected chi connectivity index (χ2v) is 9.55. The third kappa shape index (κ3) is 4.15. The maximum absolute atomic E-state index is 12.8. The molecule has 33 heavy (non-hydrogen) atoms. The summed E-state index contributed by atoms with van der Waals surface area (Å²) in [7, 11) is 0.914. The van der Waals surface area contributed by atoms with Crippen molar-refractivity contribution in [2.75, 3.05) is 43.2 Å². The number of rotatable bonds is 7. The fourth-order valence-electron chi connectivity index (χ4n) is 4.08. The number of sulfonamides is 1. The van der Waals surface area contributed by atoms with Crippen molar-refractivity contribution in [2.24, 2.45) is 0 Å². The molecule has 2 aliphatic rings. The van der Waals surface area contributed by atoms with E-state index >= 15 is 0 Å². The van der Waals surface area contributed by atoms with Crippen molar-refractivity contribution in [3.05, 3.63) is 41.5 Å². The number of esters is 1. The van der Waals surface area contributed by atoms with Gasteiger partial charge in [-0.15, -0.1) is 0 Å². The van der Waals surface area contributed by atoms with E-state index in [1.165, 1.54) is 25.6 Å². The fourth-order valence-corrected chi connectivity index (χ4v) is 5.64. The Morgan fingerprint density at radius 3 is 2.48 bits per heavy atom. The van der Waals surface area contributed by atoms with Gasteiger partial charge in [-0.2, -0.15) is 0 Å². The number of benzene rings is 2. The number of nitrogens with zero attached hydrogens (tertiary/aromatic N) is 1. The van der Waals surface area contributed by atoms with Crippen molar-refractivity contribution < 1.29 is 37.0 Å². The summed E-state index contributed by atoms with van der Waals surface area (Å²) in [5.74, 6) is 0.0990. The molecule has 2 heterocycles. The summed E-state index contributed by atoms with van der Waals surface area (Å²) < 4.78 is 47.2. The number of carbonyl (C=O) groups is 2. The van der Waals surface area contributed by atoms with Crippen LogP contribution >= 0.6 is 0 Å². The van der Waals surface area contributed by atoms with Gasteiger partial charge < -0.3 is 24.3 Å². The lowest BCUT2D eigenvalue weighted by Crippen LogP contribution is -2.25. The third-order valence-electron chi connectivity index (χ3n) is 5.58. The van der Waals surface area contributed by atoms with Crippen LogP contribution in [0.1, 0.15) is 34.9 Å². The predicted octanol–water partition coefficient (Wildman–Crippen LogP) is 2.49. The Hall–Kier alpha value is -3.47. The van der Waals surface area contributed by atoms with E-state index in [2.05, 4.69) is 5.32 Å². The third-order valence-corrected chi connectivity index (χ3v) is 7.43. The Morgan fingerprint density at radius 2 is 1.85 bits per heavy atom. The van der Waals surface area contributed by atoms with Crippen LogP contribution in [0, 0.1) is 0 Å². The number of carbonyl (C=O) groups excluding carboxylic acids is 2. The van der Waals surface area contributed by atoms with Crippen LogP contribution in [-0.2, 0) is 19.6 Å². The van der Waals surface area contributed by atoms with E-state index in [1.807, 2.05) is 0 Å². The first kappa shape index (κ1) is 22.7. The minimum Gasteiger partial charge on any atom is -0.495 e. The first-order valence-corrected chi connectivity index (χ1v) is 11.8. The lowest BCUT2D eigenvalue weighted by Gasteiger charge is -2.21. The second kappa shape index (κ2) is 8.81. The van der Waals surface area contributed by atoms with Crippen LogP contribution in [-0.4, -0.2) is 53.9 Å². The van der Waals surface area contributed by atoms with Crippen molar-refractivity contribution in [1.82, 2.24) is 0 Å². The van der Waals surface area contributed by atoms with Gasteiger partial charge in [0.2, 0.25) is 15.9 Å². The number of fused-ring (bicyclic) bond motifs is 1. The number of anilines is 2. The molecule has 11 heteroatoms. The number of ether oxygens (including phenoxy) is 4. The summed E-state index contributed by atoms with van der Waals surface area (Å²) in [5, 5.41) is 2.74. The number of cyclic esters (lactones) is 1. The van der Waals surface area contributed by atoms with Gasteiger partial charge in [-0.3, -0.25) is 9.10 Å². The quantitative estimate of drug-likeness (QED) is 0.605. The monoisotopic (exact) mass is 476 g/mol. The zero-order chi connectivity index (χ0) is 23.8. The number of hydrogen-bond acceptors (Lipinski definition) is 8. The van der Waals surface area contributed by atoms with Crippen LogP contribution in [0.15, 0.2) is 30.3 Å². The van der Waals surface area contributed by atoms with Gasteiger partial charge in [0.15, 0.2) is 11.5 Å². The molecule has 0 spiro atoms. The van der Waals surface area contributed by atoms with E-state index in [9.17, 15) is 18.0 Å². The van der Waals surface area contributed by atoms with Crippen LogP contribution in [0.2, 0.25) is 0 Å². The molecule has 0 aromatic heterocycles. The molecule has 2 aromatic carbocycles. The maximum Gasteiger partial charge on any atom is 0.343 e. The minimum absolute atomic E-state index is 0.0629. The molecule has 0 aliphatic carbocycles. The van der Waals surface area contributed by atoms with Gasteiger partial charge in [0, 0.05) is 17.8 Å². The van der Waals surface area contributed by atoms with Gasteiger partial charge in [-0.1, -0.05) is 6.07 Å². The summed E-state index contributed by atoms with van der Waals surface area (Å²) in [6, 6.07) is 8.09. The smallest absolute Gasteiger partial charge is 0.343 e. The Bertz CT molecular complexity index is 1210. The van der Waals surface area contributed by atoms with E-state index in [0.717, 1.165) is 0 Å². The number of hydrogen-bond donors (Lipinski definition) is 1. The summed E-state index contributed by atoms with van der Waals surface area (Å²) in [6.45, 7) is 0.343. The molecule has 10 nitrogen and oxygen atoms in total. The van der Waals surface area contributed by atoms with Gasteiger partial charge in [-0.05, 0) is 30.7 Å². The molecule has 1 N–H and O–H groups in total. The fraction of sp³-hybridized carbons (Fsp3) is 0.364. The largest absolute Gasteiger partial charge is 0.495 e. The van der Waals surface area contributed by atoms with E-state index in [1.54, 1.807) is 30.3 Å². The predicted molar refractivity (Wildman–Crippen MR) is 120 cm³/mol. The second-order valence-electron chi connectivity index (χ2n) is 7.54. The molecule has 2 aliphatic heterocycles. The molecular formula is C22H24N2O8S. The molecule has 0 unspecified atom stereocenters. The van der Waals surface area contributed by atoms with Crippen molar-refractivity contribution >= 4 is 33.3 Å². The van der Waals surface area contributed by atoms with Crippen molar-refractivity contribution in [3.63, 3.8) is 0 Å². The lowest BCUT2D eigenvalue weighted by molar-refractivity contribution is -0.118. The lowest BCUT2D eigenvalue weighted by atomic mass is 10.0. The van der Waals surface area contributed by atoms with Gasteiger partial charge in [0.25, 0.3) is 0 Å². The molecule has 1 atom stereocenters. The summed E-state index contributed by atoms with van der Waals surface area (Å²) in [6.07, 6.45) is -0.399. The molecule has 1 saturated heterocycles. The van der Waals surface area contributed by atoms with Crippen LogP contribution in [0.5, 0.6) is 17.2 Å². The average molecular weight is 477 g/mol. The molecular weight excluding hydrogens is 452 g/mol. The van der Waals surface area contributed by atoms with E-state index in [-0.39, 0.29) is 23.5 Å². The van der Waals surface area contributed by atoms with Gasteiger partial charge >= 0.3 is 5.97 Å². The summed E-state index contributed by atoms with van der Waals surface area (Å²) in [4.78, 5) is 25.2. The molecule has 4 rings (SSSR count). The number of methoxy groups -OCH3 is 3. The molecule has 0 saturated carbocycles. The Labute approximate surface area is 191 Å². The highest BCUT2D eigenvalue weighted by molar-refractivity contribution is 7.93. The highest BCUT2D eigenvalue weighted by atomic mass is 32.2. The van der Waals surface area contributed by atoms with E-state index < -0.39 is 28.0 Å². The number of nitrogens with one attached hydrogen (secondary N) is 1. The first-order valence-electron chi connectivity index (χ1n) is 10.2. The Balaban J connectivity index is 1.54. The molecule has 176 valence electrons. The normalized spacial score (nSPS) is 18.5. The molecule has 0 radical (unpaired) electrons. The zero-order valence-corrected chi connectivity index (χ0v) is 19.2. The van der Waals surface area contributed by atoms with Crippen LogP contribution in [0.25, 0.3) is 0 Å². The Morgan fingerprint density at radius 1 is 1.12 bits per heavy atom. The zero-order valence-electron chi connectivity index (χ0n) is 18.4. The van der Waals surface area contributed by atoms with Crippen LogP contribution < -0.4 is 23.8 Å². The highest BCUT2D eigenvalue weighted by Gasteiger charge is 2.37. The van der Waals surface area contributed by atoms with Crippen LogP contribution in [0.4, 0.5) is 11.4 Å². The van der Waals surface area contributed by atoms with Crippen molar-refractivity contribution in [3.8, 4) is 17.2 Å². The van der Waals surface area contributed by atoms with Gasteiger partial charge in [0.05, 0.1) is 39.2 Å². The van der Waals surface area contributed by atoms with Crippen molar-refractivity contribution in [1.29, 1.82) is 0 Å². The maximum atomic E-state index is 12.8. The summed E-state index contributed by atoms with van der Waals surface area (Å²) >= 11 is 0. The SMILES string of the molecule is COc1ccc(NC(=O)C[C@@H]2OC(=O)c3c2ccc(OC)c3OC)cc1N1CCCS1(=O)=O. The summed E-state index contributed by atoms with van der Waals surface area (Å²) in [5.41, 5.74) is 1.53. The van der Waals surface area contributed by atoms with Crippen molar-refractivity contribution in [2.45, 2.75) is 18.9 Å². The first-order chi connectivity index (χ1) is 15.8. The minimum atomic E-state index is -3.43. The molecule has 2 aromatic rings. The topological polar surface area (TPSA) is 120 Å². The Kier molecular flexibility index (Phi) is 6.07. The van der Waals surface area contributed by atoms with E-state index in [0.29, 0.717) is 41.4 Å². The molecule has 1 fully saturated rings. The highest BCUT2D eigenvalue weighted by Crippen LogP contribution is 2.43. The van der Waals surface area contributed by atoms with E-state index in [4.69, 9.17) is 18.9 Å². The molecule has 1 amide bonds. The number of amides is 1. The molecule has 0 bridgehead atoms. The standard InChI is InChI=1S/C22H24N2O8S/c1-29-16-7-5-13(11-15(16)24-9-4-10-33(24,27)28)23-19(25)12-18-14-6-8-17(30-2)21(31-3)20(14)22(26)32-18/h5-8,11,18H,4,9-10,12H2,1-3H3,(H,23,25)/t18-/m0/s1. The van der Waals surface area contributed by atoms with Gasteiger partial charge in [-0.25, -0.2) is 13.2 Å². The van der Waals surface area contributed by atoms with Crippen LogP contribution in [0.3, 0.4) is 0 Å². The van der Waals surface area contributed by atoms with Gasteiger partial charge in [0.1, 0.15) is 17.4 Å². The average Bonchev–Trinajstić information content (AvgIpc) is 3.31.